The second kappa shape index (κ2) is 6.38. The second-order valence-electron chi connectivity index (χ2n) is 6.82. The molecule has 0 saturated heterocycles. The Labute approximate surface area is 117 Å². The second-order valence-corrected chi connectivity index (χ2v) is 6.82. The molecule has 4 atom stereocenters. The highest BCUT2D eigenvalue weighted by Gasteiger charge is 2.53. The SMILES string of the molecule is CCCCCC(O)C=CC1C(C)(O)CC(O)C1(C)C. The molecule has 0 heterocycles. The van der Waals surface area contributed by atoms with E-state index in [4.69, 9.17) is 0 Å². The molecule has 0 aromatic heterocycles. The van der Waals surface area contributed by atoms with Crippen molar-refractivity contribution in [1.29, 1.82) is 0 Å². The van der Waals surface area contributed by atoms with Gasteiger partial charge in [-0.15, -0.1) is 0 Å². The lowest BCUT2D eigenvalue weighted by Crippen LogP contribution is -2.35. The third-order valence-corrected chi connectivity index (χ3v) is 4.57. The van der Waals surface area contributed by atoms with Crippen molar-refractivity contribution in [2.75, 3.05) is 0 Å². The van der Waals surface area contributed by atoms with E-state index in [1.54, 1.807) is 13.0 Å². The molecule has 1 aliphatic carbocycles. The van der Waals surface area contributed by atoms with Gasteiger partial charge in [0, 0.05) is 12.3 Å². The van der Waals surface area contributed by atoms with E-state index in [-0.39, 0.29) is 11.3 Å². The fourth-order valence-corrected chi connectivity index (χ4v) is 3.18. The molecule has 0 radical (unpaired) electrons. The monoisotopic (exact) mass is 270 g/mol. The summed E-state index contributed by atoms with van der Waals surface area (Å²) >= 11 is 0. The predicted molar refractivity (Wildman–Crippen MR) is 77.8 cm³/mol. The van der Waals surface area contributed by atoms with Crippen LogP contribution in [0.2, 0.25) is 0 Å². The van der Waals surface area contributed by atoms with E-state index >= 15 is 0 Å². The highest BCUT2D eigenvalue weighted by molar-refractivity contribution is 5.13. The molecule has 0 bridgehead atoms. The van der Waals surface area contributed by atoms with Crippen LogP contribution in [0, 0.1) is 11.3 Å². The average Bonchev–Trinajstić information content (AvgIpc) is 2.42. The number of rotatable bonds is 6. The van der Waals surface area contributed by atoms with Crippen molar-refractivity contribution in [2.45, 2.75) is 77.6 Å². The largest absolute Gasteiger partial charge is 0.392 e. The number of aliphatic hydroxyl groups is 3. The maximum atomic E-state index is 10.4. The van der Waals surface area contributed by atoms with Crippen LogP contribution < -0.4 is 0 Å². The molecule has 0 spiro atoms. The Hall–Kier alpha value is -0.380. The number of hydrogen-bond donors (Lipinski definition) is 3. The van der Waals surface area contributed by atoms with Crippen molar-refractivity contribution < 1.29 is 15.3 Å². The maximum absolute atomic E-state index is 10.4. The Bertz CT molecular complexity index is 307. The van der Waals surface area contributed by atoms with E-state index in [1.807, 2.05) is 19.9 Å². The summed E-state index contributed by atoms with van der Waals surface area (Å²) in [4.78, 5) is 0. The Morgan fingerprint density at radius 2 is 1.89 bits per heavy atom. The molecule has 3 N–H and O–H groups in total. The first-order valence-corrected chi connectivity index (χ1v) is 7.48. The zero-order valence-corrected chi connectivity index (χ0v) is 12.8. The van der Waals surface area contributed by atoms with Gasteiger partial charge in [0.1, 0.15) is 0 Å². The van der Waals surface area contributed by atoms with Crippen molar-refractivity contribution in [3.63, 3.8) is 0 Å². The molecule has 19 heavy (non-hydrogen) atoms. The predicted octanol–water partition coefficient (Wildman–Crippen LogP) is 2.64. The minimum absolute atomic E-state index is 0.129. The Balaban J connectivity index is 2.63. The molecule has 0 aliphatic heterocycles. The molecule has 1 rings (SSSR count). The number of unbranched alkanes of at least 4 members (excludes halogenated alkanes) is 2. The standard InChI is InChI=1S/C16H30O3/c1-5-6-7-8-12(17)9-10-13-15(2,3)14(18)11-16(13,4)19/h9-10,12-14,17-19H,5-8,11H2,1-4H3. The van der Waals surface area contributed by atoms with Crippen molar-refractivity contribution in [2.24, 2.45) is 11.3 Å². The van der Waals surface area contributed by atoms with Gasteiger partial charge in [-0.3, -0.25) is 0 Å². The highest BCUT2D eigenvalue weighted by atomic mass is 16.3. The minimum Gasteiger partial charge on any atom is -0.392 e. The summed E-state index contributed by atoms with van der Waals surface area (Å²) in [6.45, 7) is 7.85. The van der Waals surface area contributed by atoms with E-state index in [1.165, 1.54) is 0 Å². The van der Waals surface area contributed by atoms with Gasteiger partial charge in [-0.05, 0) is 18.8 Å². The van der Waals surface area contributed by atoms with Crippen molar-refractivity contribution in [1.82, 2.24) is 0 Å². The molecule has 112 valence electrons. The first-order valence-electron chi connectivity index (χ1n) is 7.48. The van der Waals surface area contributed by atoms with Gasteiger partial charge >= 0.3 is 0 Å². The molecule has 1 saturated carbocycles. The first-order chi connectivity index (χ1) is 8.71. The molecule has 0 amide bonds. The van der Waals surface area contributed by atoms with Crippen LogP contribution in [-0.2, 0) is 0 Å². The molecule has 1 fully saturated rings. The summed E-state index contributed by atoms with van der Waals surface area (Å²) in [7, 11) is 0. The number of hydrogen-bond acceptors (Lipinski definition) is 3. The van der Waals surface area contributed by atoms with E-state index < -0.39 is 17.8 Å². The van der Waals surface area contributed by atoms with Crippen molar-refractivity contribution >= 4 is 0 Å². The summed E-state index contributed by atoms with van der Waals surface area (Å²) in [6.07, 6.45) is 7.19. The smallest absolute Gasteiger partial charge is 0.0721 e. The van der Waals surface area contributed by atoms with E-state index in [2.05, 4.69) is 6.92 Å². The third kappa shape index (κ3) is 4.04. The van der Waals surface area contributed by atoms with Crippen LogP contribution >= 0.6 is 0 Å². The number of aliphatic hydroxyl groups excluding tert-OH is 2. The van der Waals surface area contributed by atoms with Crippen LogP contribution in [0.15, 0.2) is 12.2 Å². The molecular formula is C16H30O3. The Morgan fingerprint density at radius 3 is 2.37 bits per heavy atom. The maximum Gasteiger partial charge on any atom is 0.0721 e. The van der Waals surface area contributed by atoms with Crippen molar-refractivity contribution in [3.8, 4) is 0 Å². The van der Waals surface area contributed by atoms with Gasteiger partial charge in [0.2, 0.25) is 0 Å². The van der Waals surface area contributed by atoms with Crippen LogP contribution in [0.4, 0.5) is 0 Å². The van der Waals surface area contributed by atoms with Gasteiger partial charge in [0.15, 0.2) is 0 Å². The third-order valence-electron chi connectivity index (χ3n) is 4.57. The van der Waals surface area contributed by atoms with Gasteiger partial charge in [-0.25, -0.2) is 0 Å². The normalized spacial score (nSPS) is 35.9. The van der Waals surface area contributed by atoms with Crippen LogP contribution in [0.5, 0.6) is 0 Å². The minimum atomic E-state index is -0.900. The lowest BCUT2D eigenvalue weighted by molar-refractivity contribution is 0.0181. The highest BCUT2D eigenvalue weighted by Crippen LogP contribution is 2.49. The van der Waals surface area contributed by atoms with E-state index in [0.29, 0.717) is 6.42 Å². The van der Waals surface area contributed by atoms with Crippen LogP contribution in [0.25, 0.3) is 0 Å². The summed E-state index contributed by atoms with van der Waals surface area (Å²) in [5.41, 5.74) is -1.26. The van der Waals surface area contributed by atoms with Gasteiger partial charge in [0.05, 0.1) is 17.8 Å². The fourth-order valence-electron chi connectivity index (χ4n) is 3.18. The fraction of sp³-hybridized carbons (Fsp3) is 0.875. The molecule has 3 nitrogen and oxygen atoms in total. The van der Waals surface area contributed by atoms with Crippen LogP contribution in [0.3, 0.4) is 0 Å². The zero-order valence-electron chi connectivity index (χ0n) is 12.8. The molecule has 0 aromatic carbocycles. The topological polar surface area (TPSA) is 60.7 Å². The Kier molecular flexibility index (Phi) is 5.60. The zero-order chi connectivity index (χ0) is 14.7. The quantitative estimate of drug-likeness (QED) is 0.513. The molecule has 1 aliphatic rings. The average molecular weight is 270 g/mol. The van der Waals surface area contributed by atoms with Crippen LogP contribution in [0.1, 0.15) is 59.8 Å². The summed E-state index contributed by atoms with van der Waals surface area (Å²) < 4.78 is 0. The van der Waals surface area contributed by atoms with Gasteiger partial charge in [-0.2, -0.15) is 0 Å². The Morgan fingerprint density at radius 1 is 1.26 bits per heavy atom. The molecule has 4 unspecified atom stereocenters. The van der Waals surface area contributed by atoms with Gasteiger partial charge in [0.25, 0.3) is 0 Å². The lowest BCUT2D eigenvalue weighted by atomic mass is 9.76. The lowest BCUT2D eigenvalue weighted by Gasteiger charge is -2.32. The summed E-state index contributed by atoms with van der Waals surface area (Å²) in [5.74, 6) is -0.129. The van der Waals surface area contributed by atoms with Gasteiger partial charge in [-0.1, -0.05) is 52.2 Å². The first kappa shape index (κ1) is 16.7. The van der Waals surface area contributed by atoms with Crippen molar-refractivity contribution in [3.05, 3.63) is 12.2 Å². The van der Waals surface area contributed by atoms with E-state index in [9.17, 15) is 15.3 Å². The molecule has 3 heteroatoms. The summed E-state index contributed by atoms with van der Waals surface area (Å²) in [5, 5.41) is 30.4. The van der Waals surface area contributed by atoms with Crippen LogP contribution in [-0.4, -0.2) is 33.1 Å². The summed E-state index contributed by atoms with van der Waals surface area (Å²) in [6, 6.07) is 0. The molecule has 0 aromatic rings. The van der Waals surface area contributed by atoms with Gasteiger partial charge < -0.3 is 15.3 Å². The van der Waals surface area contributed by atoms with E-state index in [0.717, 1.165) is 25.7 Å². The molecular weight excluding hydrogens is 240 g/mol.